The molecular weight excluding hydrogens is 274 g/mol. The van der Waals surface area contributed by atoms with Crippen LogP contribution in [0, 0.1) is 0 Å². The second-order valence-corrected chi connectivity index (χ2v) is 5.92. The number of nitrogens with one attached hydrogen (secondary N) is 1. The van der Waals surface area contributed by atoms with Gasteiger partial charge >= 0.3 is 0 Å². The highest BCUT2D eigenvalue weighted by atomic mass is 32.2. The fourth-order valence-corrected chi connectivity index (χ4v) is 2.23. The number of thioether (sulfide) groups is 1. The summed E-state index contributed by atoms with van der Waals surface area (Å²) in [7, 11) is 1.59. The number of hydrogen-bond donors (Lipinski definition) is 2. The van der Waals surface area contributed by atoms with E-state index in [2.05, 4.69) is 5.32 Å². The third kappa shape index (κ3) is 5.94. The van der Waals surface area contributed by atoms with Crippen molar-refractivity contribution < 1.29 is 14.6 Å². The highest BCUT2D eigenvalue weighted by Gasteiger charge is 2.21. The second kappa shape index (κ2) is 8.29. The van der Waals surface area contributed by atoms with Crippen LogP contribution in [0.5, 0.6) is 0 Å². The molecule has 4 nitrogen and oxygen atoms in total. The Hall–Kier alpha value is -1.04. The Morgan fingerprint density at radius 1 is 1.40 bits per heavy atom. The Morgan fingerprint density at radius 2 is 2.05 bits per heavy atom. The molecular formula is C15H23NO3S. The predicted octanol–water partition coefficient (Wildman–Crippen LogP) is 2.07. The first-order valence-electron chi connectivity index (χ1n) is 6.56. The van der Waals surface area contributed by atoms with Crippen LogP contribution in [0.15, 0.2) is 24.3 Å². The molecule has 1 atom stereocenters. The molecule has 2 N–H and O–H groups in total. The van der Waals surface area contributed by atoms with Gasteiger partial charge in [0.1, 0.15) is 0 Å². The SMILES string of the molecule is COCCC(C)(O)CNC(=O)c1ccc(CSC)cc1. The zero-order valence-electron chi connectivity index (χ0n) is 12.3. The van der Waals surface area contributed by atoms with Crippen LogP contribution < -0.4 is 5.32 Å². The lowest BCUT2D eigenvalue weighted by atomic mass is 10.0. The van der Waals surface area contributed by atoms with E-state index < -0.39 is 5.60 Å². The van der Waals surface area contributed by atoms with Crippen LogP contribution in [0.25, 0.3) is 0 Å². The van der Waals surface area contributed by atoms with E-state index in [-0.39, 0.29) is 12.5 Å². The summed E-state index contributed by atoms with van der Waals surface area (Å²) in [6.45, 7) is 2.36. The van der Waals surface area contributed by atoms with Gasteiger partial charge in [0, 0.05) is 38.0 Å². The van der Waals surface area contributed by atoms with E-state index in [0.29, 0.717) is 18.6 Å². The van der Waals surface area contributed by atoms with Crippen LogP contribution in [0.3, 0.4) is 0 Å². The molecule has 112 valence electrons. The van der Waals surface area contributed by atoms with Gasteiger partial charge in [-0.1, -0.05) is 12.1 Å². The number of carbonyl (C=O) groups excluding carboxylic acids is 1. The molecule has 0 radical (unpaired) electrons. The topological polar surface area (TPSA) is 58.6 Å². The molecule has 20 heavy (non-hydrogen) atoms. The molecule has 1 aromatic carbocycles. The molecule has 0 saturated heterocycles. The van der Waals surface area contributed by atoms with Crippen LogP contribution in [-0.2, 0) is 10.5 Å². The van der Waals surface area contributed by atoms with Crippen LogP contribution >= 0.6 is 11.8 Å². The Balaban J connectivity index is 2.49. The zero-order valence-corrected chi connectivity index (χ0v) is 13.1. The summed E-state index contributed by atoms with van der Waals surface area (Å²) < 4.78 is 4.93. The van der Waals surface area contributed by atoms with Gasteiger partial charge in [-0.2, -0.15) is 11.8 Å². The van der Waals surface area contributed by atoms with E-state index in [0.717, 1.165) is 5.75 Å². The minimum absolute atomic E-state index is 0.168. The molecule has 5 heteroatoms. The molecule has 0 saturated carbocycles. The summed E-state index contributed by atoms with van der Waals surface area (Å²) in [5, 5.41) is 12.8. The molecule has 0 bridgehead atoms. The molecule has 0 heterocycles. The van der Waals surface area contributed by atoms with E-state index in [1.54, 1.807) is 25.8 Å². The second-order valence-electron chi connectivity index (χ2n) is 5.05. The summed E-state index contributed by atoms with van der Waals surface area (Å²) >= 11 is 1.74. The van der Waals surface area contributed by atoms with Crippen molar-refractivity contribution in [3.63, 3.8) is 0 Å². The summed E-state index contributed by atoms with van der Waals surface area (Å²) in [5.74, 6) is 0.770. The molecule has 1 aromatic rings. The Morgan fingerprint density at radius 3 is 2.60 bits per heavy atom. The average molecular weight is 297 g/mol. The van der Waals surface area contributed by atoms with Gasteiger partial charge in [-0.15, -0.1) is 0 Å². The lowest BCUT2D eigenvalue weighted by molar-refractivity contribution is 0.0243. The fraction of sp³-hybridized carbons (Fsp3) is 0.533. The maximum absolute atomic E-state index is 12.0. The molecule has 0 aliphatic heterocycles. The van der Waals surface area contributed by atoms with Gasteiger partial charge in [-0.25, -0.2) is 0 Å². The number of aliphatic hydroxyl groups is 1. The number of methoxy groups -OCH3 is 1. The summed E-state index contributed by atoms with van der Waals surface area (Å²) in [6, 6.07) is 7.53. The van der Waals surface area contributed by atoms with Gasteiger partial charge in [0.25, 0.3) is 5.91 Å². The van der Waals surface area contributed by atoms with Crippen molar-refractivity contribution in [2.75, 3.05) is 26.5 Å². The normalized spacial score (nSPS) is 13.8. The summed E-state index contributed by atoms with van der Waals surface area (Å²) in [4.78, 5) is 12.0. The fourth-order valence-electron chi connectivity index (χ4n) is 1.70. The molecule has 1 amide bonds. The number of ether oxygens (including phenoxy) is 1. The van der Waals surface area contributed by atoms with Crippen LogP contribution in [0.1, 0.15) is 29.3 Å². The Labute approximate surface area is 124 Å². The van der Waals surface area contributed by atoms with Crippen LogP contribution in [0.2, 0.25) is 0 Å². The van der Waals surface area contributed by atoms with E-state index >= 15 is 0 Å². The van der Waals surface area contributed by atoms with Crippen molar-refractivity contribution >= 4 is 17.7 Å². The van der Waals surface area contributed by atoms with Gasteiger partial charge in [-0.05, 0) is 30.9 Å². The minimum atomic E-state index is -0.954. The number of rotatable bonds is 8. The smallest absolute Gasteiger partial charge is 0.251 e. The van der Waals surface area contributed by atoms with Crippen molar-refractivity contribution in [3.8, 4) is 0 Å². The number of hydrogen-bond acceptors (Lipinski definition) is 4. The highest BCUT2D eigenvalue weighted by Crippen LogP contribution is 2.11. The molecule has 1 rings (SSSR count). The molecule has 0 fully saturated rings. The number of benzene rings is 1. The van der Waals surface area contributed by atoms with Crippen molar-refractivity contribution in [1.82, 2.24) is 5.32 Å². The third-order valence-corrected chi connectivity index (χ3v) is 3.62. The maximum Gasteiger partial charge on any atom is 0.251 e. The third-order valence-electron chi connectivity index (χ3n) is 3.00. The quantitative estimate of drug-likeness (QED) is 0.771. The molecule has 0 aromatic heterocycles. The largest absolute Gasteiger partial charge is 0.388 e. The van der Waals surface area contributed by atoms with Crippen molar-refractivity contribution in [2.45, 2.75) is 24.7 Å². The van der Waals surface area contributed by atoms with Crippen LogP contribution in [-0.4, -0.2) is 43.1 Å². The first-order valence-corrected chi connectivity index (χ1v) is 7.95. The zero-order chi connectivity index (χ0) is 15.0. The van der Waals surface area contributed by atoms with Gasteiger partial charge < -0.3 is 15.2 Å². The number of carbonyl (C=O) groups is 1. The van der Waals surface area contributed by atoms with Crippen LogP contribution in [0.4, 0.5) is 0 Å². The molecule has 0 spiro atoms. The monoisotopic (exact) mass is 297 g/mol. The average Bonchev–Trinajstić information content (AvgIpc) is 2.44. The molecule has 0 aliphatic carbocycles. The van der Waals surface area contributed by atoms with E-state index in [4.69, 9.17) is 4.74 Å². The van der Waals surface area contributed by atoms with E-state index in [1.165, 1.54) is 5.56 Å². The first kappa shape index (κ1) is 17.0. The Kier molecular flexibility index (Phi) is 7.05. The van der Waals surface area contributed by atoms with E-state index in [9.17, 15) is 9.90 Å². The number of amides is 1. The lowest BCUT2D eigenvalue weighted by Gasteiger charge is -2.23. The summed E-state index contributed by atoms with van der Waals surface area (Å²) in [6.07, 6.45) is 2.53. The molecule has 0 aliphatic rings. The molecule has 1 unspecified atom stereocenters. The maximum atomic E-state index is 12.0. The minimum Gasteiger partial charge on any atom is -0.388 e. The van der Waals surface area contributed by atoms with Gasteiger partial charge in [-0.3, -0.25) is 4.79 Å². The Bertz CT molecular complexity index is 418. The summed E-state index contributed by atoms with van der Waals surface area (Å²) in [5.41, 5.74) is 0.850. The van der Waals surface area contributed by atoms with Gasteiger partial charge in [0.15, 0.2) is 0 Å². The lowest BCUT2D eigenvalue weighted by Crippen LogP contribution is -2.41. The van der Waals surface area contributed by atoms with Gasteiger partial charge in [0.2, 0.25) is 0 Å². The van der Waals surface area contributed by atoms with Crippen molar-refractivity contribution in [2.24, 2.45) is 0 Å². The van der Waals surface area contributed by atoms with E-state index in [1.807, 2.05) is 30.5 Å². The first-order chi connectivity index (χ1) is 9.48. The van der Waals surface area contributed by atoms with Crippen molar-refractivity contribution in [3.05, 3.63) is 35.4 Å². The highest BCUT2D eigenvalue weighted by molar-refractivity contribution is 7.97. The standard InChI is InChI=1S/C15H23NO3S/c1-15(18,8-9-19-2)11-16-14(17)13-6-4-12(5-7-13)10-20-3/h4-7,18H,8-11H2,1-3H3,(H,16,17). The van der Waals surface area contributed by atoms with Crippen molar-refractivity contribution in [1.29, 1.82) is 0 Å². The van der Waals surface area contributed by atoms with Gasteiger partial charge in [0.05, 0.1) is 5.60 Å². The predicted molar refractivity (Wildman–Crippen MR) is 83.1 cm³/mol.